The fourth-order valence-electron chi connectivity index (χ4n) is 3.53. The molecule has 0 aromatic heterocycles. The van der Waals surface area contributed by atoms with Gasteiger partial charge in [0.25, 0.3) is 5.91 Å². The van der Waals surface area contributed by atoms with Gasteiger partial charge in [-0.3, -0.25) is 14.5 Å². The fraction of sp³-hybridized carbons (Fsp3) is 0.375. The summed E-state index contributed by atoms with van der Waals surface area (Å²) in [6, 6.07) is 10.8. The number of hydrogen-bond donors (Lipinski definition) is 1. The lowest BCUT2D eigenvalue weighted by molar-refractivity contribution is -0.131. The van der Waals surface area contributed by atoms with Crippen LogP contribution >= 0.6 is 0 Å². The normalized spacial score (nSPS) is 14.2. The minimum Gasteiger partial charge on any atom is -0.344 e. The number of ketones is 1. The van der Waals surface area contributed by atoms with Gasteiger partial charge >= 0.3 is 12.5 Å². The number of nitrogens with one attached hydrogen (secondary N) is 1. The summed E-state index contributed by atoms with van der Waals surface area (Å²) in [5.41, 5.74) is 1.76. The van der Waals surface area contributed by atoms with Gasteiger partial charge in [0, 0.05) is 43.0 Å². The average molecular weight is 476 g/mol. The summed E-state index contributed by atoms with van der Waals surface area (Å²) >= 11 is 0. The minimum atomic E-state index is -3.24. The second-order valence-electron chi connectivity index (χ2n) is 8.24. The average Bonchev–Trinajstić information content (AvgIpc) is 2.82. The summed E-state index contributed by atoms with van der Waals surface area (Å²) in [6.45, 7) is 3.78. The van der Waals surface area contributed by atoms with Gasteiger partial charge in [-0.15, -0.1) is 0 Å². The SMILES string of the molecule is Cc1ccc(N(Cc2ccc(C(=O)CNC(=O)C(F)F)cc2F)C(=O)N2CCN(C)CC2)cc1. The Labute approximate surface area is 196 Å². The summed E-state index contributed by atoms with van der Waals surface area (Å²) < 4.78 is 39.5. The van der Waals surface area contributed by atoms with Crippen molar-refractivity contribution in [2.75, 3.05) is 44.7 Å². The number of nitrogens with zero attached hydrogens (tertiary/aromatic N) is 3. The maximum absolute atomic E-state index is 14.9. The van der Waals surface area contributed by atoms with Crippen molar-refractivity contribution in [3.63, 3.8) is 0 Å². The van der Waals surface area contributed by atoms with E-state index in [1.807, 2.05) is 26.1 Å². The Bertz CT molecular complexity index is 1040. The van der Waals surface area contributed by atoms with Gasteiger partial charge in [-0.05, 0) is 32.2 Å². The van der Waals surface area contributed by atoms with Crippen LogP contribution < -0.4 is 10.2 Å². The molecule has 0 saturated carbocycles. The van der Waals surface area contributed by atoms with Crippen LogP contribution in [0.2, 0.25) is 0 Å². The van der Waals surface area contributed by atoms with Crippen LogP contribution in [0, 0.1) is 12.7 Å². The number of anilines is 1. The monoisotopic (exact) mass is 476 g/mol. The number of hydrogen-bond acceptors (Lipinski definition) is 4. The first kappa shape index (κ1) is 25.2. The van der Waals surface area contributed by atoms with Gasteiger partial charge in [-0.1, -0.05) is 29.8 Å². The second kappa shape index (κ2) is 11.1. The van der Waals surface area contributed by atoms with Gasteiger partial charge in [-0.25, -0.2) is 9.18 Å². The minimum absolute atomic E-state index is 0.0589. The van der Waals surface area contributed by atoms with E-state index < -0.39 is 30.5 Å². The molecule has 0 bridgehead atoms. The molecule has 1 saturated heterocycles. The summed E-state index contributed by atoms with van der Waals surface area (Å²) in [5.74, 6) is -2.99. The standard InChI is InChI=1S/C24H27F3N4O3/c1-16-3-7-19(8-4-16)31(24(34)30-11-9-29(2)10-12-30)15-18-6-5-17(13-20(18)25)21(32)14-28-23(33)22(26)27/h3-8,13,22H,9-12,14-15H2,1-2H3,(H,28,33). The summed E-state index contributed by atoms with van der Waals surface area (Å²) in [4.78, 5) is 41.8. The highest BCUT2D eigenvalue weighted by Crippen LogP contribution is 2.22. The maximum atomic E-state index is 14.9. The number of urea groups is 1. The van der Waals surface area contributed by atoms with Crippen LogP contribution in [0.5, 0.6) is 0 Å². The topological polar surface area (TPSA) is 73.0 Å². The molecule has 1 heterocycles. The van der Waals surface area contributed by atoms with Gasteiger partial charge in [0.1, 0.15) is 5.82 Å². The number of Topliss-reactive ketones (excluding diaryl/α,β-unsaturated/α-hetero) is 1. The van der Waals surface area contributed by atoms with Crippen LogP contribution in [0.15, 0.2) is 42.5 Å². The van der Waals surface area contributed by atoms with Gasteiger partial charge < -0.3 is 15.1 Å². The van der Waals surface area contributed by atoms with E-state index in [1.54, 1.807) is 22.3 Å². The molecular formula is C24H27F3N4O3. The Morgan fingerprint density at radius 3 is 2.26 bits per heavy atom. The highest BCUT2D eigenvalue weighted by atomic mass is 19.3. The van der Waals surface area contributed by atoms with E-state index in [4.69, 9.17) is 0 Å². The van der Waals surface area contributed by atoms with E-state index in [1.165, 1.54) is 17.0 Å². The zero-order chi connectivity index (χ0) is 24.8. The van der Waals surface area contributed by atoms with Crippen molar-refractivity contribution in [3.8, 4) is 0 Å². The van der Waals surface area contributed by atoms with Gasteiger partial charge in [-0.2, -0.15) is 8.78 Å². The maximum Gasteiger partial charge on any atom is 0.324 e. The van der Waals surface area contributed by atoms with Gasteiger partial charge in [0.05, 0.1) is 13.1 Å². The van der Waals surface area contributed by atoms with Crippen LogP contribution in [0.25, 0.3) is 0 Å². The van der Waals surface area contributed by atoms with E-state index >= 15 is 0 Å². The fourth-order valence-corrected chi connectivity index (χ4v) is 3.53. The Morgan fingerprint density at radius 1 is 1.03 bits per heavy atom. The number of benzene rings is 2. The number of rotatable bonds is 7. The predicted octanol–water partition coefficient (Wildman–Crippen LogP) is 3.07. The number of carbonyl (C=O) groups is 3. The lowest BCUT2D eigenvalue weighted by Crippen LogP contribution is -2.52. The van der Waals surface area contributed by atoms with Crippen molar-refractivity contribution in [2.24, 2.45) is 0 Å². The summed E-state index contributed by atoms with van der Waals surface area (Å²) in [7, 11) is 1.98. The van der Waals surface area contributed by atoms with Crippen LogP contribution in [0.3, 0.4) is 0 Å². The van der Waals surface area contributed by atoms with Crippen molar-refractivity contribution in [3.05, 3.63) is 65.0 Å². The molecule has 0 unspecified atom stereocenters. The molecule has 1 aliphatic rings. The number of aryl methyl sites for hydroxylation is 1. The van der Waals surface area contributed by atoms with Crippen molar-refractivity contribution in [2.45, 2.75) is 19.9 Å². The van der Waals surface area contributed by atoms with Crippen LogP contribution in [0.1, 0.15) is 21.5 Å². The Morgan fingerprint density at radius 2 is 1.68 bits per heavy atom. The molecule has 0 atom stereocenters. The molecule has 2 aromatic rings. The van der Waals surface area contributed by atoms with E-state index in [-0.39, 0.29) is 23.7 Å². The first-order valence-corrected chi connectivity index (χ1v) is 10.8. The first-order valence-electron chi connectivity index (χ1n) is 10.8. The third kappa shape index (κ3) is 6.34. The molecule has 7 nitrogen and oxygen atoms in total. The van der Waals surface area contributed by atoms with Gasteiger partial charge in [0.2, 0.25) is 0 Å². The highest BCUT2D eigenvalue weighted by molar-refractivity contribution is 5.99. The molecule has 2 aromatic carbocycles. The van der Waals surface area contributed by atoms with Crippen LogP contribution in [-0.4, -0.2) is 73.7 Å². The van der Waals surface area contributed by atoms with Crippen LogP contribution in [0.4, 0.5) is 23.7 Å². The summed E-state index contributed by atoms with van der Waals surface area (Å²) in [6.07, 6.45) is -3.24. The van der Waals surface area contributed by atoms with Crippen molar-refractivity contribution < 1.29 is 27.6 Å². The lowest BCUT2D eigenvalue weighted by atomic mass is 10.1. The number of piperazine rings is 1. The number of carbonyl (C=O) groups excluding carboxylic acids is 3. The quantitative estimate of drug-likeness (QED) is 0.624. The van der Waals surface area contributed by atoms with Gasteiger partial charge in [0.15, 0.2) is 5.78 Å². The van der Waals surface area contributed by atoms with Crippen LogP contribution in [-0.2, 0) is 11.3 Å². The summed E-state index contributed by atoms with van der Waals surface area (Å²) in [5, 5.41) is 1.80. The molecule has 0 radical (unpaired) electrons. The molecule has 34 heavy (non-hydrogen) atoms. The molecule has 1 N–H and O–H groups in total. The number of likely N-dealkylation sites (N-methyl/N-ethyl adjacent to an activating group) is 1. The third-order valence-electron chi connectivity index (χ3n) is 5.68. The Hall–Kier alpha value is -3.40. The first-order chi connectivity index (χ1) is 16.2. The van der Waals surface area contributed by atoms with E-state index in [2.05, 4.69) is 4.90 Å². The second-order valence-corrected chi connectivity index (χ2v) is 8.24. The number of alkyl halides is 2. The Balaban J connectivity index is 1.79. The molecule has 3 amide bonds. The lowest BCUT2D eigenvalue weighted by Gasteiger charge is -2.36. The number of halogens is 3. The zero-order valence-corrected chi connectivity index (χ0v) is 19.1. The predicted molar refractivity (Wildman–Crippen MR) is 122 cm³/mol. The highest BCUT2D eigenvalue weighted by Gasteiger charge is 2.26. The Kier molecular flexibility index (Phi) is 8.27. The molecule has 3 rings (SSSR count). The smallest absolute Gasteiger partial charge is 0.324 e. The molecule has 0 aliphatic carbocycles. The third-order valence-corrected chi connectivity index (χ3v) is 5.68. The molecule has 1 fully saturated rings. The van der Waals surface area contributed by atoms with E-state index in [9.17, 15) is 27.6 Å². The van der Waals surface area contributed by atoms with Crippen molar-refractivity contribution >= 4 is 23.4 Å². The van der Waals surface area contributed by atoms with E-state index in [0.717, 1.165) is 24.7 Å². The molecular weight excluding hydrogens is 449 g/mol. The largest absolute Gasteiger partial charge is 0.344 e. The van der Waals surface area contributed by atoms with Crippen molar-refractivity contribution in [1.82, 2.24) is 15.1 Å². The molecule has 10 heteroatoms. The number of amides is 3. The van der Waals surface area contributed by atoms with E-state index in [0.29, 0.717) is 18.8 Å². The zero-order valence-electron chi connectivity index (χ0n) is 19.1. The van der Waals surface area contributed by atoms with Crippen molar-refractivity contribution in [1.29, 1.82) is 0 Å². The molecule has 1 aliphatic heterocycles. The molecule has 182 valence electrons. The molecule has 0 spiro atoms.